The van der Waals surface area contributed by atoms with E-state index < -0.39 is 116 Å². The lowest BCUT2D eigenvalue weighted by Gasteiger charge is -2.50. The van der Waals surface area contributed by atoms with Gasteiger partial charge in [-0.25, -0.2) is 29.0 Å². The van der Waals surface area contributed by atoms with Crippen molar-refractivity contribution in [3.05, 3.63) is 47.2 Å². The number of ether oxygens (including phenoxy) is 6. The molecule has 0 aliphatic carbocycles. The molecule has 1 unspecified atom stereocenters. The van der Waals surface area contributed by atoms with Crippen LogP contribution in [0.1, 0.15) is 123 Å². The number of benzene rings is 1. The molecule has 0 bridgehead atoms. The molecule has 1 aliphatic heterocycles. The van der Waals surface area contributed by atoms with Crippen LogP contribution in [-0.2, 0) is 71.2 Å². The second-order valence-corrected chi connectivity index (χ2v) is 25.9. The minimum absolute atomic E-state index is 0.0172. The van der Waals surface area contributed by atoms with Crippen LogP contribution in [0.3, 0.4) is 0 Å². The summed E-state index contributed by atoms with van der Waals surface area (Å²) in [7, 11) is -3.46. The van der Waals surface area contributed by atoms with Crippen molar-refractivity contribution in [1.82, 2.24) is 35.1 Å². The van der Waals surface area contributed by atoms with Crippen molar-refractivity contribution >= 4 is 74.7 Å². The predicted octanol–water partition coefficient (Wildman–Crippen LogP) is 6.15. The average Bonchev–Trinajstić information content (AvgIpc) is 3.95. The van der Waals surface area contributed by atoms with E-state index in [2.05, 4.69) is 40.7 Å². The summed E-state index contributed by atoms with van der Waals surface area (Å²) in [5, 5.41) is 16.0. The van der Waals surface area contributed by atoms with Crippen LogP contribution >= 0.6 is 11.3 Å². The Morgan fingerprint density at radius 2 is 1.30 bits per heavy atom. The van der Waals surface area contributed by atoms with E-state index in [1.54, 1.807) is 151 Å². The first kappa shape index (κ1) is 66.2. The molecule has 0 saturated carbocycles. The average molecular weight is 1180 g/mol. The van der Waals surface area contributed by atoms with Crippen molar-refractivity contribution in [3.8, 4) is 17.0 Å². The molecule has 450 valence electrons. The first-order chi connectivity index (χ1) is 36.9. The first-order valence-electron chi connectivity index (χ1n) is 25.3. The van der Waals surface area contributed by atoms with Gasteiger partial charge in [0.25, 0.3) is 17.9 Å². The second kappa shape index (κ2) is 25.6. The molecule has 1 aromatic carbocycles. The van der Waals surface area contributed by atoms with Gasteiger partial charge in [0.1, 0.15) is 52.1 Å². The van der Waals surface area contributed by atoms with Gasteiger partial charge in [-0.2, -0.15) is 13.5 Å². The minimum Gasteiger partial charge on any atom is -0.489 e. The number of aromatic nitrogens is 3. The highest BCUT2D eigenvalue weighted by molar-refractivity contribution is 7.80. The van der Waals surface area contributed by atoms with Crippen LogP contribution in [0.25, 0.3) is 11.3 Å². The van der Waals surface area contributed by atoms with Gasteiger partial charge in [0.05, 0.1) is 11.2 Å². The third-order valence-corrected chi connectivity index (χ3v) is 11.4. The van der Waals surface area contributed by atoms with E-state index in [1.807, 2.05) is 0 Å². The molecule has 1 aliphatic rings. The molecule has 0 spiro atoms. The monoisotopic (exact) mass is 1180 g/mol. The van der Waals surface area contributed by atoms with Crippen molar-refractivity contribution in [1.29, 1.82) is 0 Å². The molecule has 2 atom stereocenters. The molecule has 81 heavy (non-hydrogen) atoms. The molecule has 5 N–H and O–H groups in total. The Morgan fingerprint density at radius 1 is 0.778 bits per heavy atom. The molecular formula is C51H76N10O18S2. The number of hydroxylamine groups is 2. The van der Waals surface area contributed by atoms with E-state index in [0.29, 0.717) is 16.3 Å². The number of anilines is 1. The molecule has 4 rings (SSSR count). The van der Waals surface area contributed by atoms with Crippen LogP contribution in [0.4, 0.5) is 24.3 Å². The summed E-state index contributed by atoms with van der Waals surface area (Å²) in [6.07, 6.45) is -3.09. The SMILES string of the molecule is Cn1c(-c2ccc(OCC(O/N=C(\C(=O)N[C@@H]3C(=O)N(OS(=O)(=O)O)C3(C)C)c3csc(NC(=O)OC(C)(C)C)n3)C(=O)OC(C)(C)C)cc2)cn(CC(CNC(=O)OC(C)(C)C)CNC(=O)OC(C)(C)C)c1=NC(=O)OC(C)(C)C. The Kier molecular flexibility index (Phi) is 21.0. The second-order valence-electron chi connectivity index (χ2n) is 24.0. The maximum absolute atomic E-state index is 14.1. The highest BCUT2D eigenvalue weighted by Crippen LogP contribution is 2.33. The van der Waals surface area contributed by atoms with Gasteiger partial charge in [0.2, 0.25) is 5.62 Å². The summed E-state index contributed by atoms with van der Waals surface area (Å²) in [6, 6.07) is 5.06. The zero-order chi connectivity index (χ0) is 61.4. The third kappa shape index (κ3) is 21.6. The van der Waals surface area contributed by atoms with Crippen molar-refractivity contribution in [2.24, 2.45) is 23.1 Å². The van der Waals surface area contributed by atoms with E-state index in [0.717, 1.165) is 11.3 Å². The minimum atomic E-state index is -5.13. The summed E-state index contributed by atoms with van der Waals surface area (Å²) in [4.78, 5) is 107. The van der Waals surface area contributed by atoms with Gasteiger partial charge in [-0.3, -0.25) is 19.5 Å². The highest BCUT2D eigenvalue weighted by Gasteiger charge is 2.58. The largest absolute Gasteiger partial charge is 0.489 e. The Labute approximate surface area is 474 Å². The molecule has 3 aromatic rings. The lowest BCUT2D eigenvalue weighted by molar-refractivity contribution is -0.218. The molecule has 1 fully saturated rings. The van der Waals surface area contributed by atoms with Crippen LogP contribution in [0.5, 0.6) is 5.75 Å². The number of imidazole rings is 1. The number of nitrogens with one attached hydrogen (secondary N) is 4. The Morgan fingerprint density at radius 3 is 1.79 bits per heavy atom. The standard InChI is InChI=1S/C51H76N10O18S2/c1-46(2,3)73-39(64)34(78-58-35(32-28-80-40(54-32)56-44(67)76-49(10,11)12)37(62)55-36-38(63)61(51(36,16)17)79-81(69,70)71)27-72-31-21-19-30(20-22-31)33-26-60(41(59(33)18)57-45(68)77-50(13,14)15)25-29(23-52-42(65)74-47(4,5)6)24-53-43(66)75-48(7,8)9/h19-22,26,28-29,34,36H,23-25,27H2,1-18H3,(H,52,65)(H,53,66)(H,55,62)(H,54,56,67)(H,69,70,71)/b57-41?,58-35-/t34?,36-/m1/s1. The number of alkyl carbamates (subject to hydrolysis) is 2. The number of oxime groups is 1. The molecule has 28 nitrogen and oxygen atoms in total. The zero-order valence-corrected chi connectivity index (χ0v) is 50.5. The van der Waals surface area contributed by atoms with Gasteiger partial charge in [-0.1, -0.05) is 5.16 Å². The van der Waals surface area contributed by atoms with Gasteiger partial charge in [-0.05, 0) is 148 Å². The van der Waals surface area contributed by atoms with Gasteiger partial charge in [-0.15, -0.1) is 20.6 Å². The quantitative estimate of drug-likeness (QED) is 0.0224. The molecule has 30 heteroatoms. The normalized spacial score (nSPS) is 15.7. The molecular weight excluding hydrogens is 1100 g/mol. The van der Waals surface area contributed by atoms with Gasteiger partial charge in [0.15, 0.2) is 10.8 Å². The smallest absolute Gasteiger partial charge is 0.437 e. The fourth-order valence-electron chi connectivity index (χ4n) is 7.04. The van der Waals surface area contributed by atoms with Crippen LogP contribution in [0.2, 0.25) is 0 Å². The Bertz CT molecular complexity index is 2970. The van der Waals surface area contributed by atoms with E-state index in [1.165, 1.54) is 19.2 Å². The van der Waals surface area contributed by atoms with Crippen LogP contribution in [0.15, 0.2) is 46.0 Å². The maximum atomic E-state index is 14.1. The van der Waals surface area contributed by atoms with Crippen LogP contribution in [0, 0.1) is 5.92 Å². The fourth-order valence-corrected chi connectivity index (χ4v) is 8.17. The van der Waals surface area contributed by atoms with E-state index >= 15 is 0 Å². The summed E-state index contributed by atoms with van der Waals surface area (Å²) in [5.41, 5.74) is -5.51. The Hall–Kier alpha value is -7.31. The summed E-state index contributed by atoms with van der Waals surface area (Å²) in [6.45, 7) is 27.4. The Balaban J connectivity index is 1.70. The number of carbonyl (C=O) groups excluding carboxylic acids is 7. The van der Waals surface area contributed by atoms with Gasteiger partial charge in [0, 0.05) is 44.2 Å². The predicted molar refractivity (Wildman–Crippen MR) is 293 cm³/mol. The maximum Gasteiger partial charge on any atom is 0.437 e. The van der Waals surface area contributed by atoms with Crippen LogP contribution in [-0.4, -0.2) is 145 Å². The lowest BCUT2D eigenvalue weighted by Crippen LogP contribution is -2.76. The van der Waals surface area contributed by atoms with Gasteiger partial charge < -0.3 is 58.3 Å². The molecule has 0 radical (unpaired) electrons. The number of carbonyl (C=O) groups is 7. The fraction of sp³-hybridized carbons (Fsp3) is 0.608. The number of amides is 6. The van der Waals surface area contributed by atoms with Gasteiger partial charge >= 0.3 is 40.7 Å². The van der Waals surface area contributed by atoms with E-state index in [9.17, 15) is 46.5 Å². The van der Waals surface area contributed by atoms with Crippen LogP contribution < -0.4 is 31.6 Å². The van der Waals surface area contributed by atoms with Crippen molar-refractivity contribution in [2.75, 3.05) is 25.0 Å². The molecule has 1 saturated heterocycles. The highest BCUT2D eigenvalue weighted by atomic mass is 32.3. The summed E-state index contributed by atoms with van der Waals surface area (Å²) < 4.78 is 73.3. The third-order valence-electron chi connectivity index (χ3n) is 10.3. The first-order valence-corrected chi connectivity index (χ1v) is 27.6. The van der Waals surface area contributed by atoms with Crippen molar-refractivity contribution < 1.29 is 84.1 Å². The van der Waals surface area contributed by atoms with E-state index in [4.69, 9.17) is 33.3 Å². The zero-order valence-electron chi connectivity index (χ0n) is 48.9. The van der Waals surface area contributed by atoms with Crippen molar-refractivity contribution in [3.63, 3.8) is 0 Å². The van der Waals surface area contributed by atoms with E-state index in [-0.39, 0.29) is 41.8 Å². The lowest BCUT2D eigenvalue weighted by atomic mass is 9.84. The topological polar surface area (TPSA) is 347 Å². The van der Waals surface area contributed by atoms with Crippen molar-refractivity contribution in [2.45, 2.75) is 170 Å². The number of esters is 1. The number of hydrogen-bond donors (Lipinski definition) is 5. The summed E-state index contributed by atoms with van der Waals surface area (Å²) >= 11 is 0.859. The number of thiazole rings is 1. The number of rotatable bonds is 19. The number of β-lactam (4-membered cyclic amide) rings is 1. The molecule has 2 aromatic heterocycles. The number of hydrogen-bond acceptors (Lipinski definition) is 20. The molecule has 3 heterocycles. The number of nitrogens with zero attached hydrogens (tertiary/aromatic N) is 6. The molecule has 6 amide bonds. The summed E-state index contributed by atoms with van der Waals surface area (Å²) in [5.74, 6) is -3.47.